The molecule has 124 valence electrons. The second-order valence-electron chi connectivity index (χ2n) is 6.50. The van der Waals surface area contributed by atoms with Crippen molar-refractivity contribution in [1.29, 1.82) is 0 Å². The number of halogens is 1. The summed E-state index contributed by atoms with van der Waals surface area (Å²) in [5, 5.41) is 12.8. The van der Waals surface area contributed by atoms with Crippen LogP contribution in [0.2, 0.25) is 5.02 Å². The van der Waals surface area contributed by atoms with E-state index >= 15 is 0 Å². The van der Waals surface area contributed by atoms with E-state index in [1.165, 1.54) is 0 Å². The maximum Gasteiger partial charge on any atom is 0.317 e. The molecule has 4 nitrogen and oxygen atoms in total. The van der Waals surface area contributed by atoms with Crippen molar-refractivity contribution in [2.75, 3.05) is 20.2 Å². The Labute approximate surface area is 138 Å². The van der Waals surface area contributed by atoms with Crippen molar-refractivity contribution >= 4 is 17.6 Å². The Morgan fingerprint density at radius 1 is 1.36 bits per heavy atom. The van der Waals surface area contributed by atoms with Crippen molar-refractivity contribution in [3.63, 3.8) is 0 Å². The first-order chi connectivity index (χ1) is 10.3. The molecule has 0 spiro atoms. The fourth-order valence-electron chi connectivity index (χ4n) is 2.11. The van der Waals surface area contributed by atoms with Gasteiger partial charge in [0.15, 0.2) is 0 Å². The molecule has 1 unspecified atom stereocenters. The Balaban J connectivity index is 2.43. The van der Waals surface area contributed by atoms with Gasteiger partial charge >= 0.3 is 6.03 Å². The molecule has 0 aromatic heterocycles. The van der Waals surface area contributed by atoms with E-state index in [-0.39, 0.29) is 24.1 Å². The number of nitrogens with zero attached hydrogens (tertiary/aromatic N) is 1. The van der Waals surface area contributed by atoms with Gasteiger partial charge in [-0.25, -0.2) is 4.79 Å². The number of aliphatic hydroxyl groups is 1. The first-order valence-corrected chi connectivity index (χ1v) is 8.01. The Morgan fingerprint density at radius 3 is 2.50 bits per heavy atom. The van der Waals surface area contributed by atoms with Crippen LogP contribution in [-0.4, -0.2) is 36.2 Å². The van der Waals surface area contributed by atoms with E-state index in [9.17, 15) is 9.90 Å². The van der Waals surface area contributed by atoms with Gasteiger partial charge in [-0.3, -0.25) is 0 Å². The van der Waals surface area contributed by atoms with Gasteiger partial charge in [0.2, 0.25) is 0 Å². The average Bonchev–Trinajstić information content (AvgIpc) is 2.50. The molecule has 0 heterocycles. The Bertz CT molecular complexity index is 474. The number of amides is 2. The molecule has 1 rings (SSSR count). The van der Waals surface area contributed by atoms with Gasteiger partial charge in [-0.15, -0.1) is 0 Å². The van der Waals surface area contributed by atoms with Crippen molar-refractivity contribution in [2.24, 2.45) is 5.41 Å². The summed E-state index contributed by atoms with van der Waals surface area (Å²) in [5.74, 6) is 0. The maximum absolute atomic E-state index is 12.2. The summed E-state index contributed by atoms with van der Waals surface area (Å²) < 4.78 is 0. The van der Waals surface area contributed by atoms with Crippen LogP contribution in [0.4, 0.5) is 4.79 Å². The SMILES string of the molecule is CC(c1ccc(Cl)cc1)N(C)C(=O)NCCCC(C)(C)CO. The fraction of sp³-hybridized carbons (Fsp3) is 0.588. The van der Waals surface area contributed by atoms with Crippen LogP contribution in [0.3, 0.4) is 0 Å². The third-order valence-electron chi connectivity index (χ3n) is 3.99. The first-order valence-electron chi connectivity index (χ1n) is 7.64. The van der Waals surface area contributed by atoms with Crippen molar-refractivity contribution in [3.05, 3.63) is 34.9 Å². The smallest absolute Gasteiger partial charge is 0.317 e. The van der Waals surface area contributed by atoms with Gasteiger partial charge in [0.1, 0.15) is 0 Å². The lowest BCUT2D eigenvalue weighted by atomic mass is 9.89. The Morgan fingerprint density at radius 2 is 1.95 bits per heavy atom. The molecular weight excluding hydrogens is 300 g/mol. The molecule has 22 heavy (non-hydrogen) atoms. The van der Waals surface area contributed by atoms with E-state index in [2.05, 4.69) is 5.32 Å². The molecule has 1 aromatic rings. The van der Waals surface area contributed by atoms with Crippen LogP contribution in [0.25, 0.3) is 0 Å². The Kier molecular flexibility index (Phi) is 7.17. The number of carbonyl (C=O) groups excluding carboxylic acids is 1. The second-order valence-corrected chi connectivity index (χ2v) is 6.93. The molecule has 0 bridgehead atoms. The van der Waals surface area contributed by atoms with Crippen LogP contribution in [0.15, 0.2) is 24.3 Å². The topological polar surface area (TPSA) is 52.6 Å². The first kappa shape index (κ1) is 18.8. The lowest BCUT2D eigenvalue weighted by Crippen LogP contribution is -2.39. The van der Waals surface area contributed by atoms with Gasteiger partial charge in [0, 0.05) is 25.2 Å². The van der Waals surface area contributed by atoms with Crippen LogP contribution in [-0.2, 0) is 0 Å². The van der Waals surface area contributed by atoms with Crippen molar-refractivity contribution in [2.45, 2.75) is 39.7 Å². The molecule has 2 amide bonds. The molecule has 0 saturated carbocycles. The molecular formula is C17H27ClN2O2. The van der Waals surface area contributed by atoms with Crippen molar-refractivity contribution in [1.82, 2.24) is 10.2 Å². The average molecular weight is 327 g/mol. The van der Waals surface area contributed by atoms with Crippen LogP contribution >= 0.6 is 11.6 Å². The molecule has 0 aliphatic rings. The number of rotatable bonds is 7. The van der Waals surface area contributed by atoms with Crippen LogP contribution in [0, 0.1) is 5.41 Å². The highest BCUT2D eigenvalue weighted by Gasteiger charge is 2.18. The summed E-state index contributed by atoms with van der Waals surface area (Å²) in [6.07, 6.45) is 1.72. The number of nitrogens with one attached hydrogen (secondary N) is 1. The van der Waals surface area contributed by atoms with E-state index in [4.69, 9.17) is 11.6 Å². The van der Waals surface area contributed by atoms with Gasteiger partial charge in [-0.2, -0.15) is 0 Å². The quantitative estimate of drug-likeness (QED) is 0.748. The number of benzene rings is 1. The fourth-order valence-corrected chi connectivity index (χ4v) is 2.23. The minimum atomic E-state index is -0.0933. The highest BCUT2D eigenvalue weighted by atomic mass is 35.5. The molecule has 5 heteroatoms. The summed E-state index contributed by atoms with van der Waals surface area (Å²) in [7, 11) is 1.78. The highest BCUT2D eigenvalue weighted by molar-refractivity contribution is 6.30. The summed E-state index contributed by atoms with van der Waals surface area (Å²) in [6.45, 7) is 6.79. The maximum atomic E-state index is 12.2. The largest absolute Gasteiger partial charge is 0.396 e. The number of hydrogen-bond donors (Lipinski definition) is 2. The van der Waals surface area contributed by atoms with Crippen LogP contribution < -0.4 is 5.32 Å². The molecule has 1 aromatic carbocycles. The minimum Gasteiger partial charge on any atom is -0.396 e. The standard InChI is InChI=1S/C17H27ClN2O2/c1-13(14-6-8-15(18)9-7-14)20(4)16(22)19-11-5-10-17(2,3)12-21/h6-9,13,21H,5,10-12H2,1-4H3,(H,19,22). The molecule has 0 aliphatic carbocycles. The number of hydrogen-bond acceptors (Lipinski definition) is 2. The number of urea groups is 1. The summed E-state index contributed by atoms with van der Waals surface area (Å²) >= 11 is 5.88. The second kappa shape index (κ2) is 8.39. The van der Waals surface area contributed by atoms with Crippen molar-refractivity contribution < 1.29 is 9.90 Å². The highest BCUT2D eigenvalue weighted by Crippen LogP contribution is 2.22. The normalized spacial score (nSPS) is 12.8. The molecule has 0 fully saturated rings. The van der Waals surface area contributed by atoms with E-state index in [1.54, 1.807) is 11.9 Å². The molecule has 0 saturated heterocycles. The van der Waals surface area contributed by atoms with E-state index in [0.717, 1.165) is 18.4 Å². The zero-order valence-electron chi connectivity index (χ0n) is 13.9. The van der Waals surface area contributed by atoms with E-state index < -0.39 is 0 Å². The van der Waals surface area contributed by atoms with E-state index in [0.29, 0.717) is 11.6 Å². The van der Waals surface area contributed by atoms with Crippen LogP contribution in [0.5, 0.6) is 0 Å². The van der Waals surface area contributed by atoms with Gasteiger partial charge in [-0.05, 0) is 42.9 Å². The number of aliphatic hydroxyl groups excluding tert-OH is 1. The van der Waals surface area contributed by atoms with Gasteiger partial charge in [-0.1, -0.05) is 37.6 Å². The molecule has 2 N–H and O–H groups in total. The zero-order valence-corrected chi connectivity index (χ0v) is 14.7. The van der Waals surface area contributed by atoms with Crippen molar-refractivity contribution in [3.8, 4) is 0 Å². The minimum absolute atomic E-state index is 0.0221. The number of carbonyl (C=O) groups is 1. The third-order valence-corrected chi connectivity index (χ3v) is 4.24. The van der Waals surface area contributed by atoms with Crippen LogP contribution in [0.1, 0.15) is 45.2 Å². The monoisotopic (exact) mass is 326 g/mol. The lowest BCUT2D eigenvalue weighted by molar-refractivity contribution is 0.147. The van der Waals surface area contributed by atoms with Gasteiger partial charge < -0.3 is 15.3 Å². The molecule has 0 radical (unpaired) electrons. The van der Waals surface area contributed by atoms with Gasteiger partial charge in [0.05, 0.1) is 6.04 Å². The molecule has 1 atom stereocenters. The van der Waals surface area contributed by atoms with Gasteiger partial charge in [0.25, 0.3) is 0 Å². The summed E-state index contributed by atoms with van der Waals surface area (Å²) in [6, 6.07) is 7.41. The summed E-state index contributed by atoms with van der Waals surface area (Å²) in [4.78, 5) is 13.8. The predicted molar refractivity (Wildman–Crippen MR) is 91.1 cm³/mol. The zero-order chi connectivity index (χ0) is 16.8. The predicted octanol–water partition coefficient (Wildman–Crippen LogP) is 3.84. The Hall–Kier alpha value is -1.26. The molecule has 0 aliphatic heterocycles. The summed E-state index contributed by atoms with van der Waals surface area (Å²) in [5.41, 5.74) is 0.955. The van der Waals surface area contributed by atoms with E-state index in [1.807, 2.05) is 45.0 Å². The third kappa shape index (κ3) is 5.85. The lowest BCUT2D eigenvalue weighted by Gasteiger charge is -2.26.